The first-order valence-electron chi connectivity index (χ1n) is 5.25. The molecule has 4 atom stereocenters. The highest BCUT2D eigenvalue weighted by atomic mass is 32.2. The Labute approximate surface area is 97.1 Å². The van der Waals surface area contributed by atoms with Gasteiger partial charge in [0.1, 0.15) is 0 Å². The molecule has 0 heterocycles. The van der Waals surface area contributed by atoms with Crippen molar-refractivity contribution in [3.63, 3.8) is 0 Å². The number of aliphatic carboxylic acids is 1. The summed E-state index contributed by atoms with van der Waals surface area (Å²) in [5, 5.41) is 11.4. The average Bonchev–Trinajstić information content (AvgIpc) is 2.93. The number of carboxylic acids is 1. The molecule has 2 N–H and O–H groups in total. The van der Waals surface area contributed by atoms with E-state index in [0.717, 1.165) is 0 Å². The second-order valence-electron chi connectivity index (χ2n) is 4.26. The van der Waals surface area contributed by atoms with Crippen molar-refractivity contribution in [2.24, 2.45) is 11.8 Å². The molecule has 1 fully saturated rings. The summed E-state index contributed by atoms with van der Waals surface area (Å²) in [6, 6.07) is -0.0496. The van der Waals surface area contributed by atoms with Crippen LogP contribution in [0.25, 0.3) is 0 Å². The molecule has 0 aliphatic heterocycles. The summed E-state index contributed by atoms with van der Waals surface area (Å²) < 4.78 is 10.8. The van der Waals surface area contributed by atoms with Gasteiger partial charge in [0.25, 0.3) is 0 Å². The molecule has 0 bridgehead atoms. The number of carbonyl (C=O) groups excluding carboxylic acids is 1. The first-order chi connectivity index (χ1) is 7.41. The topological polar surface area (TPSA) is 83.5 Å². The molecule has 1 amide bonds. The lowest BCUT2D eigenvalue weighted by atomic mass is 10.2. The van der Waals surface area contributed by atoms with Crippen LogP contribution in [0.1, 0.15) is 19.8 Å². The van der Waals surface area contributed by atoms with Crippen LogP contribution in [0.15, 0.2) is 0 Å². The summed E-state index contributed by atoms with van der Waals surface area (Å²) in [5.74, 6) is -1.42. The van der Waals surface area contributed by atoms with Gasteiger partial charge in [-0.3, -0.25) is 13.8 Å². The first kappa shape index (κ1) is 13.2. The SMILES string of the molecule is CC(CCS(C)=O)NC(=O)C1CC1C(=O)O. The van der Waals surface area contributed by atoms with E-state index in [4.69, 9.17) is 5.11 Å². The van der Waals surface area contributed by atoms with E-state index in [1.807, 2.05) is 6.92 Å². The zero-order chi connectivity index (χ0) is 12.3. The first-order valence-corrected chi connectivity index (χ1v) is 6.97. The molecule has 92 valence electrons. The van der Waals surface area contributed by atoms with Gasteiger partial charge in [0.2, 0.25) is 5.91 Å². The standard InChI is InChI=1S/C10H17NO4S/c1-6(3-4-16(2)15)11-9(12)7-5-8(7)10(13)14/h6-8H,3-5H2,1-2H3,(H,11,12)(H,13,14). The summed E-state index contributed by atoms with van der Waals surface area (Å²) >= 11 is 0. The minimum Gasteiger partial charge on any atom is -0.481 e. The molecule has 1 aliphatic rings. The Morgan fingerprint density at radius 2 is 2.12 bits per heavy atom. The quantitative estimate of drug-likeness (QED) is 0.691. The lowest BCUT2D eigenvalue weighted by molar-refractivity contribution is -0.140. The van der Waals surface area contributed by atoms with E-state index < -0.39 is 22.7 Å². The fourth-order valence-electron chi connectivity index (χ4n) is 1.52. The van der Waals surface area contributed by atoms with Crippen LogP contribution in [0, 0.1) is 11.8 Å². The fourth-order valence-corrected chi connectivity index (χ4v) is 2.21. The zero-order valence-corrected chi connectivity index (χ0v) is 10.3. The lowest BCUT2D eigenvalue weighted by Gasteiger charge is -2.12. The van der Waals surface area contributed by atoms with E-state index in [1.54, 1.807) is 6.26 Å². The van der Waals surface area contributed by atoms with Crippen molar-refractivity contribution < 1.29 is 18.9 Å². The molecular formula is C10H17NO4S. The van der Waals surface area contributed by atoms with E-state index in [0.29, 0.717) is 18.6 Å². The van der Waals surface area contributed by atoms with Crippen LogP contribution in [0.5, 0.6) is 0 Å². The molecule has 4 unspecified atom stereocenters. The largest absolute Gasteiger partial charge is 0.481 e. The molecule has 0 aromatic rings. The van der Waals surface area contributed by atoms with Gasteiger partial charge >= 0.3 is 5.97 Å². The van der Waals surface area contributed by atoms with E-state index in [9.17, 15) is 13.8 Å². The summed E-state index contributed by atoms with van der Waals surface area (Å²) in [6.45, 7) is 1.84. The Balaban J connectivity index is 2.25. The number of amides is 1. The van der Waals surface area contributed by atoms with Gasteiger partial charge in [0, 0.05) is 28.9 Å². The van der Waals surface area contributed by atoms with Gasteiger partial charge in [-0.25, -0.2) is 0 Å². The van der Waals surface area contributed by atoms with Gasteiger partial charge in [-0.15, -0.1) is 0 Å². The Morgan fingerprint density at radius 3 is 2.56 bits per heavy atom. The summed E-state index contributed by atoms with van der Waals surface area (Å²) in [7, 11) is -0.856. The monoisotopic (exact) mass is 247 g/mol. The van der Waals surface area contributed by atoms with Crippen LogP contribution in [-0.4, -0.2) is 39.2 Å². The van der Waals surface area contributed by atoms with Crippen molar-refractivity contribution in [3.8, 4) is 0 Å². The van der Waals surface area contributed by atoms with Crippen LogP contribution < -0.4 is 5.32 Å². The molecule has 0 aromatic carbocycles. The lowest BCUT2D eigenvalue weighted by Crippen LogP contribution is -2.35. The van der Waals surface area contributed by atoms with Crippen molar-refractivity contribution in [1.29, 1.82) is 0 Å². The van der Waals surface area contributed by atoms with Gasteiger partial charge in [0.05, 0.1) is 11.8 Å². The molecule has 0 aromatic heterocycles. The molecule has 0 spiro atoms. The maximum Gasteiger partial charge on any atom is 0.307 e. The molecule has 0 radical (unpaired) electrons. The second-order valence-corrected chi connectivity index (χ2v) is 5.82. The molecule has 1 saturated carbocycles. The summed E-state index contributed by atoms with van der Waals surface area (Å²) in [4.78, 5) is 22.1. The Bertz CT molecular complexity index is 318. The minimum absolute atomic E-state index is 0.0496. The van der Waals surface area contributed by atoms with Gasteiger partial charge in [-0.05, 0) is 19.8 Å². The van der Waals surface area contributed by atoms with Crippen LogP contribution >= 0.6 is 0 Å². The van der Waals surface area contributed by atoms with E-state index >= 15 is 0 Å². The van der Waals surface area contributed by atoms with Crippen LogP contribution in [0.3, 0.4) is 0 Å². The van der Waals surface area contributed by atoms with Gasteiger partial charge in [-0.2, -0.15) is 0 Å². The van der Waals surface area contributed by atoms with Crippen LogP contribution in [0.4, 0.5) is 0 Å². The van der Waals surface area contributed by atoms with Gasteiger partial charge in [-0.1, -0.05) is 0 Å². The van der Waals surface area contributed by atoms with Crippen molar-refractivity contribution in [3.05, 3.63) is 0 Å². The van der Waals surface area contributed by atoms with Gasteiger partial charge < -0.3 is 10.4 Å². The summed E-state index contributed by atoms with van der Waals surface area (Å²) in [6.07, 6.45) is 2.71. The predicted octanol–water partition coefficient (Wildman–Crippen LogP) is -0.0196. The number of rotatable bonds is 6. The highest BCUT2D eigenvalue weighted by molar-refractivity contribution is 7.84. The van der Waals surface area contributed by atoms with E-state index in [1.165, 1.54) is 0 Å². The smallest absolute Gasteiger partial charge is 0.307 e. The Kier molecular flexibility index (Phi) is 4.46. The Hall–Kier alpha value is -0.910. The van der Waals surface area contributed by atoms with Crippen molar-refractivity contribution >= 4 is 22.7 Å². The number of carboxylic acid groups (broad SMARTS) is 1. The molecule has 6 heteroatoms. The third kappa shape index (κ3) is 3.92. The zero-order valence-electron chi connectivity index (χ0n) is 9.43. The number of hydrogen-bond donors (Lipinski definition) is 2. The third-order valence-corrected chi connectivity index (χ3v) is 3.48. The maximum absolute atomic E-state index is 11.5. The van der Waals surface area contributed by atoms with Crippen LogP contribution in [0.2, 0.25) is 0 Å². The van der Waals surface area contributed by atoms with E-state index in [2.05, 4.69) is 5.32 Å². The molecule has 5 nitrogen and oxygen atoms in total. The predicted molar refractivity (Wildman–Crippen MR) is 60.4 cm³/mol. The maximum atomic E-state index is 11.5. The van der Waals surface area contributed by atoms with Crippen molar-refractivity contribution in [2.75, 3.05) is 12.0 Å². The Morgan fingerprint density at radius 1 is 1.50 bits per heavy atom. The van der Waals surface area contributed by atoms with Crippen molar-refractivity contribution in [1.82, 2.24) is 5.32 Å². The molecule has 0 saturated heterocycles. The highest BCUT2D eigenvalue weighted by Gasteiger charge is 2.48. The van der Waals surface area contributed by atoms with Crippen molar-refractivity contribution in [2.45, 2.75) is 25.8 Å². The third-order valence-electron chi connectivity index (χ3n) is 2.67. The number of hydrogen-bond acceptors (Lipinski definition) is 3. The van der Waals surface area contributed by atoms with Crippen LogP contribution in [-0.2, 0) is 20.4 Å². The molecule has 1 aliphatic carbocycles. The second kappa shape index (κ2) is 5.43. The molecule has 1 rings (SSSR count). The number of carbonyl (C=O) groups is 2. The minimum atomic E-state index is -0.900. The fraction of sp³-hybridized carbons (Fsp3) is 0.800. The van der Waals surface area contributed by atoms with Gasteiger partial charge in [0.15, 0.2) is 0 Å². The molecule has 16 heavy (non-hydrogen) atoms. The normalized spacial score (nSPS) is 26.9. The highest BCUT2D eigenvalue weighted by Crippen LogP contribution is 2.38. The molecular weight excluding hydrogens is 230 g/mol. The summed E-state index contributed by atoms with van der Waals surface area (Å²) in [5.41, 5.74) is 0. The average molecular weight is 247 g/mol. The number of nitrogens with one attached hydrogen (secondary N) is 1. The van der Waals surface area contributed by atoms with E-state index in [-0.39, 0.29) is 17.9 Å².